The van der Waals surface area contributed by atoms with E-state index in [9.17, 15) is 22.0 Å². The molecule has 0 saturated heterocycles. The standard InChI is InChI=1S/C26H28F2N4OSi.C21H15F2N3.C20H24BrN3OSi.C13H18BrIN2OSi.C8H5BrIN.C8H6BrN.C7H8FN/c1-34(2,3)13-12-33-18-32-26-10-8-22(30-23-15-19(27)14-20(28)16-23)17-24(26)25(31-32)9-7-21-6-4-5-11-29-21;22-15-9-16(23)11-19(10-15)26-18-5-4-14-13-25-21(20(14)12-18)7-6-17-3-1-2-8-24-17;1-26(2,3)13-12-25-15-24-20-10-7-16(21)14-18(20)19(23-24)9-8-17-6-4-5-11-22-17;1-19(2,3)7-6-18-9-17-12-5-4-10(14)8-11(12)13(15)16-17;9-6-2-1-5-4-11-8(10)7(5)3-6;9-8-2-1-6-4-10-5-7(6)3-8;1-5-2-6(8)4-7(9)3-5/h4-11,14-17,30H,12-13,18H2,1-3H3;1-12,26H,13H2;4-11,14H,12-13,15H2,1-3H3;4-5,8H,6-7,9H2,1-3H3;1-3H,4H2;1-3,5H,4H2;2-4H,9H2,1H3/b9-7+;7-6+;9-8+;;;;. The minimum Gasteiger partial charge on any atom is -0.399 e. The predicted molar refractivity (Wildman–Crippen MR) is 585 cm³/mol. The van der Waals surface area contributed by atoms with E-state index in [4.69, 9.17) is 30.1 Å². The maximum atomic E-state index is 13.6. The molecule has 0 radical (unpaired) electrons. The number of pyridine rings is 3. The Hall–Kier alpha value is -9.97. The smallest absolute Gasteiger partial charge is 0.140 e. The molecular formula is C103H104Br4F5I2N15O3Si3. The van der Waals surface area contributed by atoms with Crippen molar-refractivity contribution in [3.63, 3.8) is 0 Å². The average molecular weight is 2350 g/mol. The minimum absolute atomic E-state index is 0.271. The molecule has 0 atom stereocenters. The number of allylic oxidation sites excluding steroid dienone is 1. The molecular weight excluding hydrogens is 2250 g/mol. The van der Waals surface area contributed by atoms with Gasteiger partial charge in [-0.1, -0.05) is 159 Å². The average Bonchev–Trinajstić information content (AvgIpc) is 1.65. The summed E-state index contributed by atoms with van der Waals surface area (Å²) in [7, 11) is -3.28. The molecule has 0 amide bonds. The number of aromatic nitrogens is 9. The highest BCUT2D eigenvalue weighted by Gasteiger charge is 2.21. The van der Waals surface area contributed by atoms with E-state index in [2.05, 4.69) is 268 Å². The zero-order valence-corrected chi connectivity index (χ0v) is 90.0. The molecule has 4 N–H and O–H groups in total. The van der Waals surface area contributed by atoms with Gasteiger partial charge in [0, 0.05) is 155 Å². The summed E-state index contributed by atoms with van der Waals surface area (Å²) in [4.78, 5) is 25.9. The number of rotatable bonds is 25. The maximum Gasteiger partial charge on any atom is 0.140 e. The second kappa shape index (κ2) is 49.9. The second-order valence-corrected chi connectivity index (χ2v) is 57.9. The van der Waals surface area contributed by atoms with Crippen LogP contribution in [0.15, 0.2) is 276 Å². The van der Waals surface area contributed by atoms with Crippen LogP contribution in [0.4, 0.5) is 50.4 Å². The van der Waals surface area contributed by atoms with Gasteiger partial charge in [-0.3, -0.25) is 29.9 Å². The molecule has 9 aromatic carbocycles. The van der Waals surface area contributed by atoms with Crippen molar-refractivity contribution in [1.82, 2.24) is 44.3 Å². The van der Waals surface area contributed by atoms with E-state index in [1.807, 2.05) is 166 Å². The van der Waals surface area contributed by atoms with Gasteiger partial charge < -0.3 is 30.6 Å². The van der Waals surface area contributed by atoms with Crippen LogP contribution in [0.3, 0.4) is 0 Å². The third-order valence-electron chi connectivity index (χ3n) is 20.6. The fourth-order valence-electron chi connectivity index (χ4n) is 13.6. The van der Waals surface area contributed by atoms with Crippen LogP contribution in [0, 0.1) is 39.7 Å². The van der Waals surface area contributed by atoms with Gasteiger partial charge >= 0.3 is 0 Å². The van der Waals surface area contributed by atoms with Crippen molar-refractivity contribution in [3.05, 3.63) is 361 Å². The summed E-state index contributed by atoms with van der Waals surface area (Å²) < 4.78 is 96.1. The fourth-order valence-corrected chi connectivity index (χ4v) is 18.7. The van der Waals surface area contributed by atoms with Crippen LogP contribution < -0.4 is 16.4 Å². The number of ether oxygens (including phenoxy) is 3. The number of hydrogen-bond acceptors (Lipinski definition) is 15. The van der Waals surface area contributed by atoms with Crippen LogP contribution in [0.25, 0.3) is 63.1 Å². The quantitative estimate of drug-likeness (QED) is 0.0161. The van der Waals surface area contributed by atoms with E-state index in [0.717, 1.165) is 160 Å². The van der Waals surface area contributed by atoms with Crippen LogP contribution in [0.2, 0.25) is 77.1 Å². The molecule has 0 saturated carbocycles. The zero-order chi connectivity index (χ0) is 96.4. The third kappa shape index (κ3) is 33.4. The van der Waals surface area contributed by atoms with Crippen molar-refractivity contribution in [2.75, 3.05) is 36.2 Å². The normalized spacial score (nSPS) is 12.5. The summed E-state index contributed by atoms with van der Waals surface area (Å²) in [5, 5.41) is 23.3. The van der Waals surface area contributed by atoms with Crippen LogP contribution in [0.1, 0.15) is 67.4 Å². The van der Waals surface area contributed by atoms with E-state index in [1.165, 1.54) is 70.1 Å². The number of fused-ring (bicyclic) bond motifs is 6. The van der Waals surface area contributed by atoms with E-state index >= 15 is 0 Å². The number of nitrogens with one attached hydrogen (secondary N) is 2. The van der Waals surface area contributed by atoms with Gasteiger partial charge in [0.1, 0.15) is 56.7 Å². The van der Waals surface area contributed by atoms with Crippen LogP contribution >= 0.6 is 109 Å². The van der Waals surface area contributed by atoms with Crippen molar-refractivity contribution in [1.29, 1.82) is 0 Å². The number of nitrogens with zero attached hydrogens (tertiary/aromatic N) is 12. The lowest BCUT2D eigenvalue weighted by Crippen LogP contribution is -2.22. The number of aryl methyl sites for hydroxylation is 1. The van der Waals surface area contributed by atoms with Crippen LogP contribution in [-0.2, 0) is 54.0 Å². The van der Waals surface area contributed by atoms with Crippen molar-refractivity contribution >= 4 is 240 Å². The van der Waals surface area contributed by atoms with Crippen molar-refractivity contribution < 1.29 is 36.2 Å². The summed E-state index contributed by atoms with van der Waals surface area (Å²) in [6.07, 6.45) is 18.8. The summed E-state index contributed by atoms with van der Waals surface area (Å²) in [5.74, 6) is -2.77. The molecule has 698 valence electrons. The van der Waals surface area contributed by atoms with Gasteiger partial charge in [-0.25, -0.2) is 36.0 Å². The SMILES string of the molecule is Brc1ccc2c(c1)C(I)=NC2.Brc1ccc2c(c1)C=NC2.C[Si](C)(C)CCOCn1nc(/C=C/c2ccccn2)c2cc(Br)ccc21.C[Si](C)(C)CCOCn1nc(/C=C/c2ccccn2)c2cc(Nc3cc(F)cc(F)c3)ccc21.C[Si](C)(C)CCOCn1nc(I)c2cc(Br)ccc21.Cc1cc(N)cc(F)c1.Fc1cc(F)cc(Nc2ccc3c(c2)C(/C=C/c2ccccn2)=NC3)c1. The molecule has 15 aromatic rings. The van der Waals surface area contributed by atoms with Gasteiger partial charge in [-0.2, -0.15) is 15.3 Å². The number of aliphatic imine (C=N–C) groups is 3. The highest BCUT2D eigenvalue weighted by molar-refractivity contribution is 14.1. The number of nitrogens with two attached hydrogens (primary N) is 1. The maximum absolute atomic E-state index is 13.6. The first-order chi connectivity index (χ1) is 64.5. The Morgan fingerprint density at radius 3 is 1.31 bits per heavy atom. The molecule has 0 spiro atoms. The van der Waals surface area contributed by atoms with Gasteiger partial charge in [0.2, 0.25) is 0 Å². The summed E-state index contributed by atoms with van der Waals surface area (Å²) in [6.45, 7) is 28.9. The van der Waals surface area contributed by atoms with Gasteiger partial charge in [0.15, 0.2) is 0 Å². The Bertz CT molecular complexity index is 6680. The van der Waals surface area contributed by atoms with Gasteiger partial charge in [0.05, 0.1) is 70.4 Å². The summed E-state index contributed by atoms with van der Waals surface area (Å²) in [5.41, 5.74) is 24.3. The van der Waals surface area contributed by atoms with Crippen LogP contribution in [0.5, 0.6) is 0 Å². The van der Waals surface area contributed by atoms with E-state index < -0.39 is 47.5 Å². The highest BCUT2D eigenvalue weighted by Crippen LogP contribution is 2.33. The van der Waals surface area contributed by atoms with E-state index in [-0.39, 0.29) is 5.82 Å². The third-order valence-corrected chi connectivity index (χ3v) is 29.4. The monoisotopic (exact) mass is 2350 g/mol. The number of halogens is 11. The molecule has 32 heteroatoms. The topological polar surface area (TPSA) is 207 Å². The molecule has 0 aliphatic carbocycles. The Morgan fingerprint density at radius 2 is 0.815 bits per heavy atom. The molecule has 0 unspecified atom stereocenters. The zero-order valence-electron chi connectivity index (χ0n) is 76.4. The molecule has 18 rings (SSSR count). The first-order valence-corrected chi connectivity index (χ1v) is 59.9. The second-order valence-electron chi connectivity index (χ2n) is 35.3. The minimum atomic E-state index is -1.18. The van der Waals surface area contributed by atoms with Gasteiger partial charge in [0.25, 0.3) is 0 Å². The van der Waals surface area contributed by atoms with E-state index in [0.29, 0.717) is 56.1 Å². The molecule has 135 heavy (non-hydrogen) atoms. The Morgan fingerprint density at radius 1 is 0.400 bits per heavy atom. The first-order valence-electron chi connectivity index (χ1n) is 43.5. The Labute approximate surface area is 848 Å². The van der Waals surface area contributed by atoms with E-state index in [1.54, 1.807) is 31.6 Å². The number of benzene rings is 9. The summed E-state index contributed by atoms with van der Waals surface area (Å²) >= 11 is 18.4. The fraction of sp³-hybridized carbons (Fsp3) is 0.214. The lowest BCUT2D eigenvalue weighted by molar-refractivity contribution is 0.0814. The molecule has 0 fully saturated rings. The Kier molecular flexibility index (Phi) is 38.4. The predicted octanol–water partition coefficient (Wildman–Crippen LogP) is 29.7. The number of nitrogen functional groups attached to an aromatic ring is 1. The molecule has 18 nitrogen and oxygen atoms in total. The van der Waals surface area contributed by atoms with Crippen LogP contribution in [-0.4, -0.2) is 104 Å². The molecule has 3 aliphatic heterocycles. The lowest BCUT2D eigenvalue weighted by Gasteiger charge is -2.15. The highest BCUT2D eigenvalue weighted by atomic mass is 127. The largest absolute Gasteiger partial charge is 0.399 e. The van der Waals surface area contributed by atoms with Crippen molar-refractivity contribution in [3.8, 4) is 0 Å². The Balaban J connectivity index is 0.000000148. The lowest BCUT2D eigenvalue weighted by atomic mass is 10.0. The van der Waals surface area contributed by atoms with Gasteiger partial charge in [-0.15, -0.1) is 0 Å². The summed E-state index contributed by atoms with van der Waals surface area (Å²) in [6, 6.07) is 68.4. The van der Waals surface area contributed by atoms with Crippen molar-refractivity contribution in [2.45, 2.75) is 124 Å². The van der Waals surface area contributed by atoms with Crippen molar-refractivity contribution in [2.24, 2.45) is 15.0 Å². The molecule has 0 bridgehead atoms. The molecule has 3 aliphatic rings. The number of hydrogen-bond donors (Lipinski definition) is 3. The first kappa shape index (κ1) is 104. The van der Waals surface area contributed by atoms with Gasteiger partial charge in [-0.05, 0) is 304 Å². The number of anilines is 5. The molecule has 6 aromatic heterocycles. The molecule has 9 heterocycles.